The Hall–Kier alpha value is -2.91. The minimum atomic E-state index is 1.01. The first-order valence-corrected chi connectivity index (χ1v) is 9.53. The van der Waals surface area contributed by atoms with Gasteiger partial charge in [-0.3, -0.25) is 4.98 Å². The van der Waals surface area contributed by atoms with Gasteiger partial charge in [0.05, 0.1) is 11.2 Å². The van der Waals surface area contributed by atoms with Crippen molar-refractivity contribution in [3.8, 4) is 16.8 Å². The maximum atomic E-state index is 4.19. The van der Waals surface area contributed by atoms with Crippen LogP contribution in [-0.4, -0.2) is 28.0 Å². The van der Waals surface area contributed by atoms with Gasteiger partial charge in [0.2, 0.25) is 0 Å². The molecule has 0 saturated carbocycles. The summed E-state index contributed by atoms with van der Waals surface area (Å²) in [7, 11) is 2.22. The summed E-state index contributed by atoms with van der Waals surface area (Å²) in [6.45, 7) is 4.29. The number of nitrogens with zero attached hydrogens (tertiary/aromatic N) is 3. The van der Waals surface area contributed by atoms with Crippen LogP contribution in [0.2, 0.25) is 0 Å². The molecule has 4 aromatic rings. The van der Waals surface area contributed by atoms with Gasteiger partial charge < -0.3 is 9.47 Å². The highest BCUT2D eigenvalue weighted by Gasteiger charge is 2.24. The van der Waals surface area contributed by atoms with Crippen molar-refractivity contribution in [2.45, 2.75) is 19.9 Å². The standard InChI is InChI=1S/C24H23N3/c1-17-7-8-23-20(15-17)21-16-26(2)14-11-24(21)27(23)22-6-4-3-5-19(22)18-9-12-25-13-10-18/h3-10,12-13,15H,11,14,16H2,1-2H3. The van der Waals surface area contributed by atoms with Gasteiger partial charge in [-0.05, 0) is 55.4 Å². The third kappa shape index (κ3) is 2.66. The van der Waals surface area contributed by atoms with Crippen LogP contribution in [0.4, 0.5) is 0 Å². The van der Waals surface area contributed by atoms with Gasteiger partial charge in [0.15, 0.2) is 0 Å². The summed E-state index contributed by atoms with van der Waals surface area (Å²) in [4.78, 5) is 6.61. The van der Waals surface area contributed by atoms with Crippen molar-refractivity contribution in [1.29, 1.82) is 0 Å². The number of hydrogen-bond acceptors (Lipinski definition) is 2. The number of fused-ring (bicyclic) bond motifs is 3. The molecule has 0 radical (unpaired) electrons. The number of para-hydroxylation sites is 1. The van der Waals surface area contributed by atoms with Gasteiger partial charge >= 0.3 is 0 Å². The number of aryl methyl sites for hydroxylation is 1. The van der Waals surface area contributed by atoms with Gasteiger partial charge in [-0.25, -0.2) is 0 Å². The molecule has 0 saturated heterocycles. The molecule has 0 aliphatic carbocycles. The molecule has 2 aromatic heterocycles. The van der Waals surface area contributed by atoms with Crippen molar-refractivity contribution in [2.24, 2.45) is 0 Å². The molecule has 1 aliphatic rings. The molecular weight excluding hydrogens is 330 g/mol. The van der Waals surface area contributed by atoms with Crippen LogP contribution in [0.1, 0.15) is 16.8 Å². The average molecular weight is 353 g/mol. The molecule has 3 nitrogen and oxygen atoms in total. The lowest BCUT2D eigenvalue weighted by atomic mass is 10.0. The molecule has 0 amide bonds. The van der Waals surface area contributed by atoms with E-state index < -0.39 is 0 Å². The Bertz CT molecular complexity index is 1130. The quantitative estimate of drug-likeness (QED) is 0.506. The Kier molecular flexibility index (Phi) is 3.83. The molecule has 134 valence electrons. The highest BCUT2D eigenvalue weighted by molar-refractivity contribution is 5.90. The maximum absolute atomic E-state index is 4.19. The second-order valence-electron chi connectivity index (χ2n) is 7.52. The number of aromatic nitrogens is 2. The summed E-state index contributed by atoms with van der Waals surface area (Å²) in [5.74, 6) is 0. The van der Waals surface area contributed by atoms with Crippen molar-refractivity contribution in [3.63, 3.8) is 0 Å². The summed E-state index contributed by atoms with van der Waals surface area (Å²) in [5.41, 5.74) is 9.27. The van der Waals surface area contributed by atoms with E-state index >= 15 is 0 Å². The highest BCUT2D eigenvalue weighted by atomic mass is 15.1. The normalized spacial score (nSPS) is 14.4. The molecule has 5 rings (SSSR count). The summed E-state index contributed by atoms with van der Waals surface area (Å²) in [6, 6.07) is 19.8. The van der Waals surface area contributed by atoms with Gasteiger partial charge in [-0.15, -0.1) is 0 Å². The minimum absolute atomic E-state index is 1.01. The summed E-state index contributed by atoms with van der Waals surface area (Å²) < 4.78 is 2.49. The first-order valence-electron chi connectivity index (χ1n) is 9.53. The van der Waals surface area contributed by atoms with Gasteiger partial charge in [-0.1, -0.05) is 29.8 Å². The van der Waals surface area contributed by atoms with Crippen molar-refractivity contribution in [2.75, 3.05) is 13.6 Å². The largest absolute Gasteiger partial charge is 0.313 e. The van der Waals surface area contributed by atoms with Gasteiger partial charge in [-0.2, -0.15) is 0 Å². The van der Waals surface area contributed by atoms with Crippen molar-refractivity contribution < 1.29 is 0 Å². The first-order chi connectivity index (χ1) is 13.2. The van der Waals surface area contributed by atoms with Gasteiger partial charge in [0.1, 0.15) is 0 Å². The predicted molar refractivity (Wildman–Crippen MR) is 111 cm³/mol. The molecular formula is C24H23N3. The Morgan fingerprint density at radius 1 is 0.963 bits per heavy atom. The van der Waals surface area contributed by atoms with Crippen LogP contribution in [0, 0.1) is 6.92 Å². The van der Waals surface area contributed by atoms with E-state index in [2.05, 4.69) is 83.0 Å². The molecule has 2 aromatic carbocycles. The third-order valence-electron chi connectivity index (χ3n) is 5.63. The number of rotatable bonds is 2. The Labute approximate surface area is 159 Å². The number of pyridine rings is 1. The van der Waals surface area contributed by atoms with Crippen molar-refractivity contribution >= 4 is 10.9 Å². The lowest BCUT2D eigenvalue weighted by Gasteiger charge is -2.25. The molecule has 3 heteroatoms. The lowest BCUT2D eigenvalue weighted by molar-refractivity contribution is 0.311. The number of likely N-dealkylation sites (N-methyl/N-ethyl adjacent to an activating group) is 1. The van der Waals surface area contributed by atoms with Crippen LogP contribution in [0.25, 0.3) is 27.7 Å². The first kappa shape index (κ1) is 16.3. The smallest absolute Gasteiger partial charge is 0.0537 e. The Balaban J connectivity index is 1.83. The maximum Gasteiger partial charge on any atom is 0.0537 e. The van der Waals surface area contributed by atoms with Crippen LogP contribution in [0.3, 0.4) is 0 Å². The zero-order chi connectivity index (χ0) is 18.4. The zero-order valence-corrected chi connectivity index (χ0v) is 15.8. The molecule has 0 bridgehead atoms. The Morgan fingerprint density at radius 3 is 2.63 bits per heavy atom. The predicted octanol–water partition coefficient (Wildman–Crippen LogP) is 4.99. The SMILES string of the molecule is Cc1ccc2c(c1)c1c(n2-c2ccccc2-c2ccncc2)CCN(C)C1. The fourth-order valence-electron chi connectivity index (χ4n) is 4.33. The molecule has 3 heterocycles. The van der Waals surface area contributed by atoms with Crippen LogP contribution < -0.4 is 0 Å². The van der Waals surface area contributed by atoms with E-state index in [4.69, 9.17) is 0 Å². The van der Waals surface area contributed by atoms with Crippen LogP contribution >= 0.6 is 0 Å². The van der Waals surface area contributed by atoms with Crippen LogP contribution in [0.15, 0.2) is 67.0 Å². The fourth-order valence-corrected chi connectivity index (χ4v) is 4.33. The summed E-state index contributed by atoms with van der Waals surface area (Å²) in [5, 5.41) is 1.39. The number of benzene rings is 2. The van der Waals surface area contributed by atoms with E-state index in [1.807, 2.05) is 12.4 Å². The third-order valence-corrected chi connectivity index (χ3v) is 5.63. The second kappa shape index (κ2) is 6.36. The average Bonchev–Trinajstić information content (AvgIpc) is 3.01. The summed E-state index contributed by atoms with van der Waals surface area (Å²) >= 11 is 0. The summed E-state index contributed by atoms with van der Waals surface area (Å²) in [6.07, 6.45) is 4.81. The van der Waals surface area contributed by atoms with Crippen molar-refractivity contribution in [3.05, 3.63) is 83.8 Å². The highest BCUT2D eigenvalue weighted by Crippen LogP contribution is 2.37. The fraction of sp³-hybridized carbons (Fsp3) is 0.208. The van der Waals surface area contributed by atoms with E-state index in [1.165, 1.54) is 44.5 Å². The molecule has 0 N–H and O–H groups in total. The van der Waals surface area contributed by atoms with Gasteiger partial charge in [0.25, 0.3) is 0 Å². The van der Waals surface area contributed by atoms with E-state index in [0.717, 1.165) is 19.5 Å². The molecule has 0 fully saturated rings. The van der Waals surface area contributed by atoms with Crippen molar-refractivity contribution in [1.82, 2.24) is 14.5 Å². The molecule has 0 unspecified atom stereocenters. The van der Waals surface area contributed by atoms with E-state index in [-0.39, 0.29) is 0 Å². The monoisotopic (exact) mass is 353 g/mol. The minimum Gasteiger partial charge on any atom is -0.313 e. The van der Waals surface area contributed by atoms with E-state index in [9.17, 15) is 0 Å². The topological polar surface area (TPSA) is 21.1 Å². The molecule has 0 spiro atoms. The Morgan fingerprint density at radius 2 is 1.78 bits per heavy atom. The van der Waals surface area contributed by atoms with E-state index in [0.29, 0.717) is 0 Å². The van der Waals surface area contributed by atoms with Gasteiger partial charge in [0, 0.05) is 48.5 Å². The zero-order valence-electron chi connectivity index (χ0n) is 15.8. The van der Waals surface area contributed by atoms with Crippen LogP contribution in [-0.2, 0) is 13.0 Å². The number of hydrogen-bond donors (Lipinski definition) is 0. The lowest BCUT2D eigenvalue weighted by Crippen LogP contribution is -2.27. The van der Waals surface area contributed by atoms with E-state index in [1.54, 1.807) is 0 Å². The molecule has 27 heavy (non-hydrogen) atoms. The second-order valence-corrected chi connectivity index (χ2v) is 7.52. The molecule has 0 atom stereocenters. The molecule has 1 aliphatic heterocycles. The van der Waals surface area contributed by atoms with Crippen LogP contribution in [0.5, 0.6) is 0 Å².